The molecule has 0 saturated carbocycles. The molecule has 0 radical (unpaired) electrons. The Morgan fingerprint density at radius 1 is 1.27 bits per heavy atom. The van der Waals surface area contributed by atoms with E-state index in [1.807, 2.05) is 0 Å². The van der Waals surface area contributed by atoms with Crippen molar-refractivity contribution in [3.05, 3.63) is 69.3 Å². The molecule has 0 bridgehead atoms. The zero-order valence-corrected chi connectivity index (χ0v) is 11.9. The van der Waals surface area contributed by atoms with E-state index in [2.05, 4.69) is 0 Å². The van der Waals surface area contributed by atoms with Crippen molar-refractivity contribution in [2.45, 2.75) is 13.3 Å². The van der Waals surface area contributed by atoms with Gasteiger partial charge < -0.3 is 15.3 Å². The average Bonchev–Trinajstić information content (AvgIpc) is 2.47. The van der Waals surface area contributed by atoms with E-state index in [9.17, 15) is 14.3 Å². The number of phenols is 1. The summed E-state index contributed by atoms with van der Waals surface area (Å²) in [5, 5.41) is 10.2. The Balaban J connectivity index is 2.17. The van der Waals surface area contributed by atoms with Crippen LogP contribution in [0.4, 0.5) is 10.1 Å². The zero-order chi connectivity index (χ0) is 15.9. The van der Waals surface area contributed by atoms with Crippen molar-refractivity contribution in [3.8, 4) is 5.75 Å². The number of benzene rings is 2. The molecule has 3 N–H and O–H groups in total. The molecule has 112 valence electrons. The third-order valence-corrected chi connectivity index (χ3v) is 3.75. The molecular formula is C17H14FNO3. The fourth-order valence-electron chi connectivity index (χ4n) is 2.51. The van der Waals surface area contributed by atoms with Gasteiger partial charge >= 0.3 is 5.63 Å². The van der Waals surface area contributed by atoms with Gasteiger partial charge in [0, 0.05) is 23.4 Å². The molecule has 0 fully saturated rings. The van der Waals surface area contributed by atoms with E-state index in [4.69, 9.17) is 10.2 Å². The van der Waals surface area contributed by atoms with Crippen LogP contribution < -0.4 is 11.4 Å². The van der Waals surface area contributed by atoms with E-state index in [-0.39, 0.29) is 17.9 Å². The quantitative estimate of drug-likeness (QED) is 0.563. The highest BCUT2D eigenvalue weighted by Gasteiger charge is 2.15. The summed E-state index contributed by atoms with van der Waals surface area (Å²) >= 11 is 0. The highest BCUT2D eigenvalue weighted by molar-refractivity contribution is 5.82. The van der Waals surface area contributed by atoms with Crippen LogP contribution in [0.2, 0.25) is 0 Å². The third kappa shape index (κ3) is 2.30. The second-order valence-corrected chi connectivity index (χ2v) is 5.17. The largest absolute Gasteiger partial charge is 0.508 e. The van der Waals surface area contributed by atoms with E-state index in [0.29, 0.717) is 27.7 Å². The van der Waals surface area contributed by atoms with E-state index < -0.39 is 11.4 Å². The van der Waals surface area contributed by atoms with Gasteiger partial charge in [-0.3, -0.25) is 0 Å². The van der Waals surface area contributed by atoms with E-state index in [1.54, 1.807) is 25.1 Å². The van der Waals surface area contributed by atoms with Gasteiger partial charge in [-0.05, 0) is 36.2 Å². The fourth-order valence-corrected chi connectivity index (χ4v) is 2.51. The SMILES string of the molecule is Cc1c(Cc2cccc(N)c2F)c(=O)oc2cc(O)ccc12. The molecule has 1 aromatic heterocycles. The number of rotatable bonds is 2. The Kier molecular flexibility index (Phi) is 3.33. The van der Waals surface area contributed by atoms with Gasteiger partial charge in [0.2, 0.25) is 0 Å². The second kappa shape index (κ2) is 5.18. The number of nitrogen functional groups attached to an aromatic ring is 1. The summed E-state index contributed by atoms with van der Waals surface area (Å²) in [4.78, 5) is 12.2. The molecule has 4 nitrogen and oxygen atoms in total. The third-order valence-electron chi connectivity index (χ3n) is 3.75. The number of hydrogen-bond donors (Lipinski definition) is 2. The van der Waals surface area contributed by atoms with Crippen LogP contribution in [0.5, 0.6) is 5.75 Å². The predicted molar refractivity (Wildman–Crippen MR) is 82.5 cm³/mol. The van der Waals surface area contributed by atoms with Crippen LogP contribution in [0, 0.1) is 12.7 Å². The number of hydrogen-bond acceptors (Lipinski definition) is 4. The summed E-state index contributed by atoms with van der Waals surface area (Å²) in [5.41, 5.74) is 6.78. The molecule has 0 spiro atoms. The van der Waals surface area contributed by atoms with Crippen molar-refractivity contribution < 1.29 is 13.9 Å². The Labute approximate surface area is 125 Å². The molecule has 0 aliphatic rings. The molecule has 0 amide bonds. The molecule has 0 atom stereocenters. The minimum absolute atomic E-state index is 0.0182. The van der Waals surface area contributed by atoms with Crippen LogP contribution in [0.25, 0.3) is 11.0 Å². The molecule has 0 aliphatic carbocycles. The maximum Gasteiger partial charge on any atom is 0.340 e. The molecule has 3 aromatic rings. The van der Waals surface area contributed by atoms with Crippen LogP contribution in [0.3, 0.4) is 0 Å². The van der Waals surface area contributed by atoms with Crippen molar-refractivity contribution in [1.29, 1.82) is 0 Å². The monoisotopic (exact) mass is 299 g/mol. The zero-order valence-electron chi connectivity index (χ0n) is 11.9. The van der Waals surface area contributed by atoms with E-state index in [1.165, 1.54) is 18.2 Å². The van der Waals surface area contributed by atoms with Crippen LogP contribution in [0.1, 0.15) is 16.7 Å². The lowest BCUT2D eigenvalue weighted by Gasteiger charge is -2.09. The molecule has 0 aliphatic heterocycles. The maximum atomic E-state index is 14.0. The van der Waals surface area contributed by atoms with Crippen molar-refractivity contribution >= 4 is 16.7 Å². The Bertz CT molecular complexity index is 931. The van der Waals surface area contributed by atoms with Crippen molar-refractivity contribution in [1.82, 2.24) is 0 Å². The number of anilines is 1. The fraction of sp³-hybridized carbons (Fsp3) is 0.118. The van der Waals surface area contributed by atoms with Gasteiger partial charge in [0.25, 0.3) is 0 Å². The predicted octanol–water partition coefficient (Wildman–Crippen LogP) is 3.12. The number of halogens is 1. The molecule has 0 unspecified atom stereocenters. The molecule has 5 heteroatoms. The summed E-state index contributed by atoms with van der Waals surface area (Å²) in [6.07, 6.45) is 0.0991. The summed E-state index contributed by atoms with van der Waals surface area (Å²) in [6, 6.07) is 9.27. The molecule has 0 saturated heterocycles. The normalized spacial score (nSPS) is 11.0. The number of aryl methyl sites for hydroxylation is 1. The van der Waals surface area contributed by atoms with E-state index >= 15 is 0 Å². The first-order valence-electron chi connectivity index (χ1n) is 6.75. The van der Waals surface area contributed by atoms with Crippen LogP contribution in [-0.4, -0.2) is 5.11 Å². The highest BCUT2D eigenvalue weighted by atomic mass is 19.1. The highest BCUT2D eigenvalue weighted by Crippen LogP contribution is 2.25. The van der Waals surface area contributed by atoms with Crippen molar-refractivity contribution in [2.24, 2.45) is 0 Å². The van der Waals surface area contributed by atoms with Crippen molar-refractivity contribution in [2.75, 3.05) is 5.73 Å². The lowest BCUT2D eigenvalue weighted by atomic mass is 9.99. The first-order chi connectivity index (χ1) is 10.5. The van der Waals surface area contributed by atoms with Gasteiger partial charge in [-0.25, -0.2) is 9.18 Å². The standard InChI is InChI=1S/C17H14FNO3/c1-9-12-6-5-11(20)8-15(12)22-17(21)13(9)7-10-3-2-4-14(19)16(10)18/h2-6,8,20H,7,19H2,1H3. The smallest absolute Gasteiger partial charge is 0.340 e. The number of fused-ring (bicyclic) bond motifs is 1. The summed E-state index contributed by atoms with van der Waals surface area (Å²) in [5.74, 6) is -0.503. The summed E-state index contributed by atoms with van der Waals surface area (Å²) < 4.78 is 19.3. The Morgan fingerprint density at radius 2 is 2.05 bits per heavy atom. The van der Waals surface area contributed by atoms with Crippen molar-refractivity contribution in [3.63, 3.8) is 0 Å². The topological polar surface area (TPSA) is 76.5 Å². The molecule has 1 heterocycles. The lowest BCUT2D eigenvalue weighted by molar-refractivity contribution is 0.472. The molecule has 2 aromatic carbocycles. The van der Waals surface area contributed by atoms with Gasteiger partial charge in [0.15, 0.2) is 0 Å². The Hall–Kier alpha value is -2.82. The van der Waals surface area contributed by atoms with Gasteiger partial charge in [-0.2, -0.15) is 0 Å². The number of nitrogens with two attached hydrogens (primary N) is 1. The minimum atomic E-state index is -0.544. The number of aromatic hydroxyl groups is 1. The van der Waals surface area contributed by atoms with Gasteiger partial charge in [-0.1, -0.05) is 12.1 Å². The molecular weight excluding hydrogens is 285 g/mol. The van der Waals surface area contributed by atoms with Crippen LogP contribution in [0.15, 0.2) is 45.6 Å². The van der Waals surface area contributed by atoms with Crippen LogP contribution >= 0.6 is 0 Å². The van der Waals surface area contributed by atoms with Gasteiger partial charge in [0.1, 0.15) is 17.1 Å². The molecule has 3 rings (SSSR count). The Morgan fingerprint density at radius 3 is 2.82 bits per heavy atom. The first-order valence-corrected chi connectivity index (χ1v) is 6.75. The number of phenolic OH excluding ortho intramolecular Hbond substituents is 1. The van der Waals surface area contributed by atoms with Crippen LogP contribution in [-0.2, 0) is 6.42 Å². The summed E-state index contributed by atoms with van der Waals surface area (Å²) in [6.45, 7) is 1.77. The van der Waals surface area contributed by atoms with Gasteiger partial charge in [-0.15, -0.1) is 0 Å². The first kappa shape index (κ1) is 14.1. The molecule has 22 heavy (non-hydrogen) atoms. The second-order valence-electron chi connectivity index (χ2n) is 5.17. The maximum absolute atomic E-state index is 14.0. The summed E-state index contributed by atoms with van der Waals surface area (Å²) in [7, 11) is 0. The van der Waals surface area contributed by atoms with Gasteiger partial charge in [0.05, 0.1) is 5.69 Å². The lowest BCUT2D eigenvalue weighted by Crippen LogP contribution is -2.12. The van der Waals surface area contributed by atoms with E-state index in [0.717, 1.165) is 0 Å². The average molecular weight is 299 g/mol. The minimum Gasteiger partial charge on any atom is -0.508 e.